The Morgan fingerprint density at radius 2 is 1.41 bits per heavy atom. The van der Waals surface area contributed by atoms with Crippen LogP contribution in [0.1, 0.15) is 23.6 Å². The van der Waals surface area contributed by atoms with Crippen LogP contribution in [-0.2, 0) is 14.3 Å². The molecule has 4 nitrogen and oxygen atoms in total. The highest BCUT2D eigenvalue weighted by atomic mass is 32.2. The van der Waals surface area contributed by atoms with E-state index in [-0.39, 0.29) is 11.7 Å². The number of hydrogen-bond donors (Lipinski definition) is 2. The van der Waals surface area contributed by atoms with E-state index in [0.717, 1.165) is 27.8 Å². The zero-order chi connectivity index (χ0) is 20.4. The summed E-state index contributed by atoms with van der Waals surface area (Å²) in [6.45, 7) is 1.34. The van der Waals surface area contributed by atoms with Crippen molar-refractivity contribution in [1.82, 2.24) is 5.32 Å². The first-order chi connectivity index (χ1) is 14.0. The number of rotatable bonds is 6. The van der Waals surface area contributed by atoms with Gasteiger partial charge in [-0.25, -0.2) is 4.79 Å². The first kappa shape index (κ1) is 19.3. The number of carbonyl (C=O) groups is 2. The third kappa shape index (κ3) is 3.32. The largest absolute Gasteiger partial charge is 0.480 e. The van der Waals surface area contributed by atoms with Gasteiger partial charge in [0.05, 0.1) is 4.75 Å². The van der Waals surface area contributed by atoms with Gasteiger partial charge in [-0.1, -0.05) is 78.9 Å². The molecule has 0 aromatic heterocycles. The highest BCUT2D eigenvalue weighted by Gasteiger charge is 2.45. The maximum atomic E-state index is 11.7. The molecule has 0 unspecified atom stereocenters. The SMILES string of the molecule is CC(=O)N[C@H](CSC1(c2ccccc2)c2ccccc2-c2ccccc21)C(=O)O. The number of carboxylic acid groups (broad SMARTS) is 1. The summed E-state index contributed by atoms with van der Waals surface area (Å²) in [5.41, 5.74) is 5.69. The molecule has 1 atom stereocenters. The standard InChI is InChI=1S/C24H21NO3S/c1-16(26)25-22(23(27)28)15-29-24(17-9-3-2-4-10-17)20-13-7-5-11-18(20)19-12-6-8-14-21(19)24/h2-14,22H,15H2,1H3,(H,25,26)(H,27,28)/t22-/m1/s1. The van der Waals surface area contributed by atoms with Crippen molar-refractivity contribution in [3.05, 3.63) is 95.6 Å². The molecule has 0 aliphatic heterocycles. The average Bonchev–Trinajstić information content (AvgIpc) is 3.02. The van der Waals surface area contributed by atoms with E-state index in [1.165, 1.54) is 6.92 Å². The molecule has 1 aliphatic carbocycles. The summed E-state index contributed by atoms with van der Waals surface area (Å²) in [6, 6.07) is 25.7. The molecule has 0 radical (unpaired) electrons. The van der Waals surface area contributed by atoms with Crippen LogP contribution in [0, 0.1) is 0 Å². The number of carboxylic acids is 1. The summed E-state index contributed by atoms with van der Waals surface area (Å²) in [4.78, 5) is 23.3. The van der Waals surface area contributed by atoms with Crippen LogP contribution in [0.4, 0.5) is 0 Å². The highest BCUT2D eigenvalue weighted by Crippen LogP contribution is 2.58. The predicted octanol–water partition coefficient (Wildman–Crippen LogP) is 4.28. The molecule has 29 heavy (non-hydrogen) atoms. The molecule has 0 heterocycles. The van der Waals surface area contributed by atoms with Crippen molar-refractivity contribution in [3.8, 4) is 11.1 Å². The fourth-order valence-electron chi connectivity index (χ4n) is 4.05. The van der Waals surface area contributed by atoms with Crippen molar-refractivity contribution in [2.45, 2.75) is 17.7 Å². The van der Waals surface area contributed by atoms with Crippen LogP contribution in [0.5, 0.6) is 0 Å². The topological polar surface area (TPSA) is 66.4 Å². The fraction of sp³-hybridized carbons (Fsp3) is 0.167. The van der Waals surface area contributed by atoms with Crippen molar-refractivity contribution < 1.29 is 14.7 Å². The van der Waals surface area contributed by atoms with Crippen molar-refractivity contribution in [1.29, 1.82) is 0 Å². The number of benzene rings is 3. The first-order valence-corrected chi connectivity index (χ1v) is 10.4. The van der Waals surface area contributed by atoms with Crippen molar-refractivity contribution in [2.24, 2.45) is 0 Å². The molecule has 0 saturated heterocycles. The molecular formula is C24H21NO3S. The smallest absolute Gasteiger partial charge is 0.327 e. The Morgan fingerprint density at radius 1 is 0.897 bits per heavy atom. The maximum Gasteiger partial charge on any atom is 0.327 e. The summed E-state index contributed by atoms with van der Waals surface area (Å²) in [5, 5.41) is 12.2. The van der Waals surface area contributed by atoms with Gasteiger partial charge in [0.15, 0.2) is 0 Å². The van der Waals surface area contributed by atoms with Gasteiger partial charge in [0.25, 0.3) is 0 Å². The van der Waals surface area contributed by atoms with E-state index in [4.69, 9.17) is 0 Å². The maximum absolute atomic E-state index is 11.7. The lowest BCUT2D eigenvalue weighted by Gasteiger charge is -2.33. The monoisotopic (exact) mass is 403 g/mol. The zero-order valence-electron chi connectivity index (χ0n) is 16.0. The number of nitrogens with one attached hydrogen (secondary N) is 1. The molecule has 5 heteroatoms. The number of fused-ring (bicyclic) bond motifs is 3. The van der Waals surface area contributed by atoms with E-state index >= 15 is 0 Å². The molecule has 0 saturated carbocycles. The second-order valence-corrected chi connectivity index (χ2v) is 8.28. The van der Waals surface area contributed by atoms with Crippen LogP contribution in [-0.4, -0.2) is 28.8 Å². The van der Waals surface area contributed by atoms with Gasteiger partial charge in [0.1, 0.15) is 6.04 Å². The fourth-order valence-corrected chi connectivity index (χ4v) is 5.66. The minimum absolute atomic E-state index is 0.243. The molecule has 3 aromatic carbocycles. The summed E-state index contributed by atoms with van der Waals surface area (Å²) in [7, 11) is 0. The quantitative estimate of drug-likeness (QED) is 0.645. The second-order valence-electron chi connectivity index (χ2n) is 7.04. The van der Waals surface area contributed by atoms with Gasteiger partial charge in [0.2, 0.25) is 5.91 Å². The predicted molar refractivity (Wildman–Crippen MR) is 116 cm³/mol. The van der Waals surface area contributed by atoms with Gasteiger partial charge in [-0.05, 0) is 27.8 Å². The minimum atomic E-state index is -1.03. The lowest BCUT2D eigenvalue weighted by Crippen LogP contribution is -2.42. The third-order valence-corrected chi connectivity index (χ3v) is 6.83. The van der Waals surface area contributed by atoms with E-state index in [1.54, 1.807) is 11.8 Å². The Bertz CT molecular complexity index is 1020. The molecular weight excluding hydrogens is 382 g/mol. The molecule has 4 rings (SSSR count). The summed E-state index contributed by atoms with van der Waals surface area (Å²) >= 11 is 1.55. The van der Waals surface area contributed by atoms with E-state index in [0.29, 0.717) is 0 Å². The van der Waals surface area contributed by atoms with Crippen LogP contribution >= 0.6 is 11.8 Å². The van der Waals surface area contributed by atoms with Gasteiger partial charge in [0, 0.05) is 12.7 Å². The normalized spacial score (nSPS) is 14.5. The average molecular weight is 404 g/mol. The van der Waals surface area contributed by atoms with Crippen molar-refractivity contribution >= 4 is 23.6 Å². The molecule has 1 amide bonds. The summed E-state index contributed by atoms with van der Waals surface area (Å²) < 4.78 is -0.541. The summed E-state index contributed by atoms with van der Waals surface area (Å²) in [6.07, 6.45) is 0. The molecule has 146 valence electrons. The van der Waals surface area contributed by atoms with Crippen molar-refractivity contribution in [2.75, 3.05) is 5.75 Å². The van der Waals surface area contributed by atoms with E-state index in [9.17, 15) is 14.7 Å². The highest BCUT2D eigenvalue weighted by molar-refractivity contribution is 8.00. The molecule has 0 bridgehead atoms. The number of hydrogen-bond acceptors (Lipinski definition) is 3. The number of carbonyl (C=O) groups excluding carboxylic acids is 1. The van der Waals surface area contributed by atoms with Crippen LogP contribution < -0.4 is 5.32 Å². The number of thioether (sulfide) groups is 1. The zero-order valence-corrected chi connectivity index (χ0v) is 16.8. The Morgan fingerprint density at radius 3 is 1.93 bits per heavy atom. The first-order valence-electron chi connectivity index (χ1n) is 9.43. The lowest BCUT2D eigenvalue weighted by atomic mass is 9.88. The van der Waals surface area contributed by atoms with Crippen molar-refractivity contribution in [3.63, 3.8) is 0 Å². The Labute approximate surface area is 174 Å². The molecule has 2 N–H and O–H groups in total. The minimum Gasteiger partial charge on any atom is -0.480 e. The van der Waals surface area contributed by atoms with Gasteiger partial charge in [-0.15, -0.1) is 11.8 Å². The molecule has 0 fully saturated rings. The second kappa shape index (κ2) is 7.76. The Kier molecular flexibility index (Phi) is 5.16. The van der Waals surface area contributed by atoms with Gasteiger partial charge in [-0.2, -0.15) is 0 Å². The number of amides is 1. The van der Waals surface area contributed by atoms with Crippen LogP contribution in [0.2, 0.25) is 0 Å². The van der Waals surface area contributed by atoms with Crippen LogP contribution in [0.15, 0.2) is 78.9 Å². The van der Waals surface area contributed by atoms with Crippen LogP contribution in [0.25, 0.3) is 11.1 Å². The van der Waals surface area contributed by atoms with E-state index in [2.05, 4.69) is 41.7 Å². The number of aliphatic carboxylic acids is 1. The summed E-state index contributed by atoms with van der Waals surface area (Å²) in [5.74, 6) is -1.14. The van der Waals surface area contributed by atoms with Gasteiger partial charge in [-0.3, -0.25) is 4.79 Å². The van der Waals surface area contributed by atoms with E-state index in [1.807, 2.05) is 42.5 Å². The van der Waals surface area contributed by atoms with Gasteiger partial charge >= 0.3 is 5.97 Å². The Hall–Kier alpha value is -3.05. The van der Waals surface area contributed by atoms with E-state index < -0.39 is 16.8 Å². The van der Waals surface area contributed by atoms with Crippen LogP contribution in [0.3, 0.4) is 0 Å². The Balaban J connectivity index is 1.88. The third-order valence-electron chi connectivity index (χ3n) is 5.23. The lowest BCUT2D eigenvalue weighted by molar-refractivity contribution is -0.140. The van der Waals surface area contributed by atoms with Gasteiger partial charge < -0.3 is 10.4 Å². The molecule has 0 spiro atoms. The molecule has 1 aliphatic rings. The molecule has 3 aromatic rings.